The van der Waals surface area contributed by atoms with Crippen LogP contribution in [0.4, 0.5) is 15.8 Å². The van der Waals surface area contributed by atoms with Gasteiger partial charge in [-0.25, -0.2) is 4.39 Å². The first kappa shape index (κ1) is 17.4. The Morgan fingerprint density at radius 2 is 1.92 bits per heavy atom. The van der Waals surface area contributed by atoms with Crippen LogP contribution in [-0.2, 0) is 9.59 Å². The number of rotatable bonds is 4. The highest BCUT2D eigenvalue weighted by atomic mass is 35.5. The molecule has 0 aromatic heterocycles. The van der Waals surface area contributed by atoms with E-state index in [1.807, 2.05) is 6.07 Å². The number of benzene rings is 2. The molecule has 0 atom stereocenters. The molecule has 0 bridgehead atoms. The van der Waals surface area contributed by atoms with Crippen molar-refractivity contribution in [3.8, 4) is 6.07 Å². The maximum Gasteiger partial charge on any atom is 0.244 e. The van der Waals surface area contributed by atoms with Crippen molar-refractivity contribution in [2.24, 2.45) is 0 Å². The van der Waals surface area contributed by atoms with Crippen molar-refractivity contribution in [2.75, 3.05) is 16.8 Å². The van der Waals surface area contributed by atoms with Crippen LogP contribution in [0.15, 0.2) is 42.5 Å². The lowest BCUT2D eigenvalue weighted by atomic mass is 10.2. The van der Waals surface area contributed by atoms with Gasteiger partial charge in [0, 0.05) is 18.3 Å². The van der Waals surface area contributed by atoms with Gasteiger partial charge in [0.05, 0.1) is 16.7 Å². The standard InChI is InChI=1S/C17H13ClFN3O2/c1-11(23)22(14-5-2-12(9-20)3-6-14)10-17(24)21-13-4-7-16(19)15(18)8-13/h2-8H,10H2,1H3,(H,21,24). The molecule has 0 heterocycles. The highest BCUT2D eigenvalue weighted by molar-refractivity contribution is 6.31. The van der Waals surface area contributed by atoms with Crippen molar-refractivity contribution in [1.29, 1.82) is 5.26 Å². The second-order valence-electron chi connectivity index (χ2n) is 4.94. The first-order valence-electron chi connectivity index (χ1n) is 6.94. The minimum Gasteiger partial charge on any atom is -0.324 e. The van der Waals surface area contributed by atoms with E-state index < -0.39 is 11.7 Å². The minimum absolute atomic E-state index is 0.108. The number of amides is 2. The molecule has 0 aliphatic heterocycles. The summed E-state index contributed by atoms with van der Waals surface area (Å²) in [6.45, 7) is 1.11. The van der Waals surface area contributed by atoms with E-state index in [1.54, 1.807) is 24.3 Å². The minimum atomic E-state index is -0.586. The van der Waals surface area contributed by atoms with Crippen LogP contribution in [0.25, 0.3) is 0 Å². The number of nitriles is 1. The molecule has 0 aliphatic rings. The van der Waals surface area contributed by atoms with E-state index in [2.05, 4.69) is 5.32 Å². The Labute approximate surface area is 143 Å². The predicted molar refractivity (Wildman–Crippen MR) is 89.2 cm³/mol. The molecule has 0 unspecified atom stereocenters. The summed E-state index contributed by atoms with van der Waals surface area (Å²) in [4.78, 5) is 25.2. The molecule has 122 valence electrons. The predicted octanol–water partition coefficient (Wildman–Crippen LogP) is 3.34. The third-order valence-electron chi connectivity index (χ3n) is 3.19. The van der Waals surface area contributed by atoms with Gasteiger partial charge in [-0.05, 0) is 42.5 Å². The Hall–Kier alpha value is -2.91. The van der Waals surface area contributed by atoms with Gasteiger partial charge in [0.2, 0.25) is 11.8 Å². The smallest absolute Gasteiger partial charge is 0.244 e. The highest BCUT2D eigenvalue weighted by Gasteiger charge is 2.16. The zero-order valence-electron chi connectivity index (χ0n) is 12.7. The van der Waals surface area contributed by atoms with Gasteiger partial charge in [0.25, 0.3) is 0 Å². The van der Waals surface area contributed by atoms with Crippen molar-refractivity contribution in [3.63, 3.8) is 0 Å². The zero-order valence-corrected chi connectivity index (χ0v) is 13.5. The maximum absolute atomic E-state index is 13.1. The van der Waals surface area contributed by atoms with Gasteiger partial charge in [-0.15, -0.1) is 0 Å². The summed E-state index contributed by atoms with van der Waals surface area (Å²) >= 11 is 5.66. The first-order valence-corrected chi connectivity index (χ1v) is 7.31. The zero-order chi connectivity index (χ0) is 17.7. The third kappa shape index (κ3) is 4.31. The monoisotopic (exact) mass is 345 g/mol. The van der Waals surface area contributed by atoms with E-state index in [0.717, 1.165) is 6.07 Å². The molecular weight excluding hydrogens is 333 g/mol. The summed E-state index contributed by atoms with van der Waals surface area (Å²) in [5.74, 6) is -1.37. The fourth-order valence-electron chi connectivity index (χ4n) is 2.02. The Balaban J connectivity index is 2.12. The lowest BCUT2D eigenvalue weighted by Crippen LogP contribution is -2.36. The van der Waals surface area contributed by atoms with Gasteiger partial charge in [0.15, 0.2) is 0 Å². The average Bonchev–Trinajstić information content (AvgIpc) is 2.56. The third-order valence-corrected chi connectivity index (χ3v) is 3.48. The Kier molecular flexibility index (Phi) is 5.51. The second-order valence-corrected chi connectivity index (χ2v) is 5.35. The number of nitrogens with zero attached hydrogens (tertiary/aromatic N) is 2. The van der Waals surface area contributed by atoms with Crippen molar-refractivity contribution in [2.45, 2.75) is 6.92 Å². The van der Waals surface area contributed by atoms with Crippen molar-refractivity contribution < 1.29 is 14.0 Å². The summed E-state index contributed by atoms with van der Waals surface area (Å²) < 4.78 is 13.1. The van der Waals surface area contributed by atoms with Crippen LogP contribution in [0.5, 0.6) is 0 Å². The number of carbonyl (C=O) groups is 2. The first-order chi connectivity index (χ1) is 11.4. The van der Waals surface area contributed by atoms with E-state index in [0.29, 0.717) is 16.9 Å². The second kappa shape index (κ2) is 7.57. The summed E-state index contributed by atoms with van der Waals surface area (Å²) in [5.41, 5.74) is 1.27. The number of halogens is 2. The van der Waals surface area contributed by atoms with E-state index in [1.165, 1.54) is 24.0 Å². The summed E-state index contributed by atoms with van der Waals surface area (Å²) in [6.07, 6.45) is 0. The van der Waals surface area contributed by atoms with Crippen LogP contribution >= 0.6 is 11.6 Å². The molecular formula is C17H13ClFN3O2. The largest absolute Gasteiger partial charge is 0.324 e. The van der Waals surface area contributed by atoms with Crippen molar-refractivity contribution in [1.82, 2.24) is 0 Å². The summed E-state index contributed by atoms with van der Waals surface area (Å²) in [7, 11) is 0. The molecule has 7 heteroatoms. The molecule has 0 aliphatic carbocycles. The van der Waals surface area contributed by atoms with Crippen LogP contribution in [0.3, 0.4) is 0 Å². The van der Waals surface area contributed by atoms with Gasteiger partial charge in [-0.2, -0.15) is 5.26 Å². The lowest BCUT2D eigenvalue weighted by molar-refractivity contribution is -0.120. The molecule has 2 amide bonds. The molecule has 0 fully saturated rings. The molecule has 5 nitrogen and oxygen atoms in total. The lowest BCUT2D eigenvalue weighted by Gasteiger charge is -2.20. The SMILES string of the molecule is CC(=O)N(CC(=O)Nc1ccc(F)c(Cl)c1)c1ccc(C#N)cc1. The Morgan fingerprint density at radius 1 is 1.25 bits per heavy atom. The number of carbonyl (C=O) groups excluding carboxylic acids is 2. The molecule has 2 rings (SSSR count). The molecule has 1 N–H and O–H groups in total. The Morgan fingerprint density at radius 3 is 2.46 bits per heavy atom. The fourth-order valence-corrected chi connectivity index (χ4v) is 2.20. The van der Waals surface area contributed by atoms with E-state index in [-0.39, 0.29) is 17.5 Å². The summed E-state index contributed by atoms with van der Waals surface area (Å²) in [5, 5.41) is 11.2. The quantitative estimate of drug-likeness (QED) is 0.923. The van der Waals surface area contributed by atoms with E-state index in [4.69, 9.17) is 16.9 Å². The van der Waals surface area contributed by atoms with Crippen LogP contribution < -0.4 is 10.2 Å². The maximum atomic E-state index is 13.1. The van der Waals surface area contributed by atoms with Gasteiger partial charge >= 0.3 is 0 Å². The van der Waals surface area contributed by atoms with Crippen LogP contribution in [0.2, 0.25) is 5.02 Å². The highest BCUT2D eigenvalue weighted by Crippen LogP contribution is 2.20. The molecule has 2 aromatic rings. The number of hydrogen-bond acceptors (Lipinski definition) is 3. The molecule has 0 saturated heterocycles. The number of anilines is 2. The summed E-state index contributed by atoms with van der Waals surface area (Å²) in [6, 6.07) is 12.1. The van der Waals surface area contributed by atoms with Gasteiger partial charge in [-0.1, -0.05) is 11.6 Å². The van der Waals surface area contributed by atoms with Crippen LogP contribution in [0.1, 0.15) is 12.5 Å². The molecule has 0 radical (unpaired) electrons. The number of nitrogens with one attached hydrogen (secondary N) is 1. The van der Waals surface area contributed by atoms with E-state index in [9.17, 15) is 14.0 Å². The average molecular weight is 346 g/mol. The normalized spacial score (nSPS) is 9.92. The molecule has 2 aromatic carbocycles. The van der Waals surface area contributed by atoms with Gasteiger partial charge in [0.1, 0.15) is 12.4 Å². The molecule has 24 heavy (non-hydrogen) atoms. The Bertz CT molecular complexity index is 816. The van der Waals surface area contributed by atoms with Gasteiger partial charge in [-0.3, -0.25) is 9.59 Å². The molecule has 0 spiro atoms. The fraction of sp³-hybridized carbons (Fsp3) is 0.118. The van der Waals surface area contributed by atoms with Crippen molar-refractivity contribution >= 4 is 34.8 Å². The van der Waals surface area contributed by atoms with E-state index >= 15 is 0 Å². The number of hydrogen-bond donors (Lipinski definition) is 1. The van der Waals surface area contributed by atoms with Gasteiger partial charge < -0.3 is 10.2 Å². The molecule has 0 saturated carbocycles. The topological polar surface area (TPSA) is 73.2 Å². The van der Waals surface area contributed by atoms with Crippen LogP contribution in [0, 0.1) is 17.1 Å². The van der Waals surface area contributed by atoms with Crippen LogP contribution in [-0.4, -0.2) is 18.4 Å². The van der Waals surface area contributed by atoms with Crippen molar-refractivity contribution in [3.05, 3.63) is 58.9 Å².